The molecule has 0 saturated carbocycles. The molecule has 3 N–H and O–H groups in total. The topological polar surface area (TPSA) is 62.4 Å². The van der Waals surface area contributed by atoms with E-state index in [-0.39, 0.29) is 6.10 Å². The smallest absolute Gasteiger partial charge is 0.128 e. The van der Waals surface area contributed by atoms with Crippen LogP contribution >= 0.6 is 12.2 Å². The Morgan fingerprint density at radius 1 is 1.62 bits per heavy atom. The summed E-state index contributed by atoms with van der Waals surface area (Å²) >= 11 is 4.85. The molecule has 0 amide bonds. The number of rotatable bonds is 5. The molecule has 16 heavy (non-hydrogen) atoms. The quantitative estimate of drug-likeness (QED) is 0.748. The van der Waals surface area contributed by atoms with Crippen LogP contribution < -0.4 is 10.6 Å². The van der Waals surface area contributed by atoms with Gasteiger partial charge in [-0.3, -0.25) is 0 Å². The van der Waals surface area contributed by atoms with E-state index in [4.69, 9.17) is 18.0 Å². The van der Waals surface area contributed by atoms with E-state index in [1.54, 1.807) is 13.1 Å². The highest BCUT2D eigenvalue weighted by Gasteiger charge is 2.04. The Morgan fingerprint density at radius 2 is 2.31 bits per heavy atom. The second-order valence-corrected chi connectivity index (χ2v) is 4.27. The zero-order valence-electron chi connectivity index (χ0n) is 9.55. The van der Waals surface area contributed by atoms with Gasteiger partial charge in [-0.2, -0.15) is 0 Å². The fraction of sp³-hybridized carbons (Fsp3) is 0.455. The Balaban J connectivity index is 2.63. The predicted molar refractivity (Wildman–Crippen MR) is 69.7 cm³/mol. The fourth-order valence-electron chi connectivity index (χ4n) is 1.25. The van der Waals surface area contributed by atoms with Gasteiger partial charge in [0.25, 0.3) is 0 Å². The first-order chi connectivity index (χ1) is 7.50. The minimum atomic E-state index is -0.293. The normalized spacial score (nSPS) is 12.2. The van der Waals surface area contributed by atoms with Gasteiger partial charge in [0.2, 0.25) is 0 Å². The van der Waals surface area contributed by atoms with Gasteiger partial charge in [-0.05, 0) is 25.5 Å². The van der Waals surface area contributed by atoms with Gasteiger partial charge in [0.05, 0.1) is 6.10 Å². The highest BCUT2D eigenvalue weighted by atomic mass is 32.1. The molecule has 0 aliphatic carbocycles. The molecule has 1 heterocycles. The molecule has 5 heteroatoms. The van der Waals surface area contributed by atoms with Crippen LogP contribution in [0.5, 0.6) is 0 Å². The summed E-state index contributed by atoms with van der Waals surface area (Å²) in [5.74, 6) is 0.848. The molecule has 1 unspecified atom stereocenters. The maximum Gasteiger partial charge on any atom is 0.128 e. The number of hydrogen-bond acceptors (Lipinski definition) is 4. The highest BCUT2D eigenvalue weighted by Crippen LogP contribution is 2.10. The second kappa shape index (κ2) is 5.77. The van der Waals surface area contributed by atoms with Gasteiger partial charge in [0, 0.05) is 25.4 Å². The van der Waals surface area contributed by atoms with Crippen LogP contribution in [-0.2, 0) is 0 Å². The number of thiocarbonyl (C=S) groups is 1. The van der Waals surface area contributed by atoms with E-state index in [9.17, 15) is 5.11 Å². The maximum absolute atomic E-state index is 9.18. The molecule has 1 atom stereocenters. The molecule has 0 saturated heterocycles. The summed E-state index contributed by atoms with van der Waals surface area (Å²) in [6.07, 6.45) is 2.09. The zero-order chi connectivity index (χ0) is 12.1. The summed E-state index contributed by atoms with van der Waals surface area (Å²) in [4.78, 5) is 6.59. The summed E-state index contributed by atoms with van der Waals surface area (Å²) in [6.45, 7) is 2.54. The predicted octanol–water partition coefficient (Wildman–Crippen LogP) is 0.923. The van der Waals surface area contributed by atoms with Crippen molar-refractivity contribution in [1.82, 2.24) is 4.98 Å². The van der Waals surface area contributed by atoms with Crippen LogP contribution in [-0.4, -0.2) is 34.8 Å². The van der Waals surface area contributed by atoms with Gasteiger partial charge in [0.1, 0.15) is 10.8 Å². The van der Waals surface area contributed by atoms with Crippen LogP contribution in [0.4, 0.5) is 5.82 Å². The molecule has 0 aliphatic rings. The molecule has 0 spiro atoms. The summed E-state index contributed by atoms with van der Waals surface area (Å²) in [5.41, 5.74) is 6.25. The van der Waals surface area contributed by atoms with Crippen molar-refractivity contribution < 1.29 is 5.11 Å². The first-order valence-electron chi connectivity index (χ1n) is 5.15. The summed E-state index contributed by atoms with van der Waals surface area (Å²) in [7, 11) is 1.94. The van der Waals surface area contributed by atoms with E-state index >= 15 is 0 Å². The molecule has 1 rings (SSSR count). The number of hydrogen-bond donors (Lipinski definition) is 2. The molecule has 1 aromatic rings. The lowest BCUT2D eigenvalue weighted by Gasteiger charge is -2.18. The van der Waals surface area contributed by atoms with Crippen molar-refractivity contribution in [2.75, 3.05) is 18.5 Å². The van der Waals surface area contributed by atoms with Crippen molar-refractivity contribution in [3.8, 4) is 0 Å². The Bertz CT molecular complexity index is 351. The van der Waals surface area contributed by atoms with Crippen molar-refractivity contribution in [3.05, 3.63) is 23.9 Å². The largest absolute Gasteiger partial charge is 0.393 e. The number of nitrogens with two attached hydrogens (primary N) is 1. The third-order valence-corrected chi connectivity index (χ3v) is 2.54. The molecule has 88 valence electrons. The molecule has 0 bridgehead atoms. The lowest BCUT2D eigenvalue weighted by atomic mass is 10.2. The Kier molecular flexibility index (Phi) is 4.64. The van der Waals surface area contributed by atoms with Crippen molar-refractivity contribution in [1.29, 1.82) is 0 Å². The lowest BCUT2D eigenvalue weighted by molar-refractivity contribution is 0.187. The molecule has 0 fully saturated rings. The summed E-state index contributed by atoms with van der Waals surface area (Å²) in [5, 5.41) is 9.18. The van der Waals surface area contributed by atoms with E-state index in [2.05, 4.69) is 4.98 Å². The average molecular weight is 239 g/mol. The number of aliphatic hydroxyl groups excluding tert-OH is 1. The van der Waals surface area contributed by atoms with E-state index in [0.29, 0.717) is 4.99 Å². The molecular weight excluding hydrogens is 222 g/mol. The number of nitrogens with zero attached hydrogens (tertiary/aromatic N) is 2. The SMILES string of the molecule is CC(O)CCN(C)c1ccc(C(N)=S)cn1. The van der Waals surface area contributed by atoms with Crippen LogP contribution in [0.3, 0.4) is 0 Å². The Hall–Kier alpha value is -1.20. The first-order valence-corrected chi connectivity index (χ1v) is 5.56. The molecule has 0 radical (unpaired) electrons. The monoisotopic (exact) mass is 239 g/mol. The van der Waals surface area contributed by atoms with Crippen LogP contribution in [0.25, 0.3) is 0 Å². The van der Waals surface area contributed by atoms with Gasteiger partial charge in [-0.25, -0.2) is 4.98 Å². The van der Waals surface area contributed by atoms with Crippen LogP contribution in [0.1, 0.15) is 18.9 Å². The van der Waals surface area contributed by atoms with E-state index < -0.39 is 0 Å². The number of anilines is 1. The van der Waals surface area contributed by atoms with Crippen molar-refractivity contribution in [2.45, 2.75) is 19.4 Å². The van der Waals surface area contributed by atoms with Gasteiger partial charge in [-0.1, -0.05) is 12.2 Å². The van der Waals surface area contributed by atoms with Gasteiger partial charge in [-0.15, -0.1) is 0 Å². The van der Waals surface area contributed by atoms with Gasteiger partial charge >= 0.3 is 0 Å². The molecule has 0 aliphatic heterocycles. The average Bonchev–Trinajstić information content (AvgIpc) is 2.26. The molecule has 0 aromatic carbocycles. The second-order valence-electron chi connectivity index (χ2n) is 3.83. The number of aliphatic hydroxyl groups is 1. The van der Waals surface area contributed by atoms with Crippen molar-refractivity contribution >= 4 is 23.0 Å². The van der Waals surface area contributed by atoms with E-state index in [1.807, 2.05) is 24.1 Å². The maximum atomic E-state index is 9.18. The van der Waals surface area contributed by atoms with E-state index in [1.165, 1.54) is 0 Å². The minimum absolute atomic E-state index is 0.293. The molecular formula is C11H17N3OS. The third kappa shape index (κ3) is 3.75. The summed E-state index contributed by atoms with van der Waals surface area (Å²) in [6, 6.07) is 3.72. The Labute approximate surface area is 101 Å². The van der Waals surface area contributed by atoms with Gasteiger partial charge < -0.3 is 15.7 Å². The number of aromatic nitrogens is 1. The lowest BCUT2D eigenvalue weighted by Crippen LogP contribution is -2.23. The van der Waals surface area contributed by atoms with Crippen molar-refractivity contribution in [2.24, 2.45) is 5.73 Å². The summed E-state index contributed by atoms with van der Waals surface area (Å²) < 4.78 is 0. The highest BCUT2D eigenvalue weighted by molar-refractivity contribution is 7.80. The zero-order valence-corrected chi connectivity index (χ0v) is 10.4. The van der Waals surface area contributed by atoms with Crippen molar-refractivity contribution in [3.63, 3.8) is 0 Å². The minimum Gasteiger partial charge on any atom is -0.393 e. The van der Waals surface area contributed by atoms with Gasteiger partial charge in [0.15, 0.2) is 0 Å². The molecule has 1 aromatic heterocycles. The van der Waals surface area contributed by atoms with Crippen LogP contribution in [0, 0.1) is 0 Å². The molecule has 4 nitrogen and oxygen atoms in total. The number of pyridine rings is 1. The van der Waals surface area contributed by atoms with E-state index in [0.717, 1.165) is 24.3 Å². The Morgan fingerprint density at radius 3 is 2.75 bits per heavy atom. The third-order valence-electron chi connectivity index (χ3n) is 2.31. The first kappa shape index (κ1) is 12.9. The van der Waals surface area contributed by atoms with Crippen LogP contribution in [0.15, 0.2) is 18.3 Å². The van der Waals surface area contributed by atoms with Crippen LogP contribution in [0.2, 0.25) is 0 Å². The fourth-order valence-corrected chi connectivity index (χ4v) is 1.37. The standard InChI is InChI=1S/C11H17N3OS/c1-8(15)5-6-14(2)10-4-3-9(7-13-10)11(12)16/h3-4,7-8,15H,5-6H2,1-2H3,(H2,12,16).